The monoisotopic (exact) mass is 278 g/mol. The zero-order valence-electron chi connectivity index (χ0n) is 10.5. The topological polar surface area (TPSA) is 75.4 Å². The Labute approximate surface area is 114 Å². The van der Waals surface area contributed by atoms with E-state index in [2.05, 4.69) is 10.3 Å². The number of carbonyl (C=O) groups is 1. The molecular formula is C13H14N2O3S. The summed E-state index contributed by atoms with van der Waals surface area (Å²) in [7, 11) is 0. The summed E-state index contributed by atoms with van der Waals surface area (Å²) in [6.07, 6.45) is 3.23. The van der Waals surface area contributed by atoms with Crippen LogP contribution >= 0.6 is 11.3 Å². The van der Waals surface area contributed by atoms with Crippen molar-refractivity contribution in [2.45, 2.75) is 25.3 Å². The van der Waals surface area contributed by atoms with Crippen molar-refractivity contribution in [3.63, 3.8) is 0 Å². The van der Waals surface area contributed by atoms with Crippen LogP contribution in [0.4, 0.5) is 0 Å². The van der Waals surface area contributed by atoms with Crippen LogP contribution in [0.5, 0.6) is 0 Å². The van der Waals surface area contributed by atoms with Crippen LogP contribution in [0.15, 0.2) is 22.8 Å². The van der Waals surface area contributed by atoms with Gasteiger partial charge in [-0.1, -0.05) is 0 Å². The number of hydrogen-bond acceptors (Lipinski definition) is 5. The highest BCUT2D eigenvalue weighted by Crippen LogP contribution is 2.35. The molecule has 1 aliphatic carbocycles. The number of aryl methyl sites for hydroxylation is 1. The number of rotatable bonds is 4. The molecule has 1 amide bonds. The lowest BCUT2D eigenvalue weighted by Gasteiger charge is -2.13. The van der Waals surface area contributed by atoms with Gasteiger partial charge in [0.05, 0.1) is 18.4 Å². The molecule has 0 spiro atoms. The van der Waals surface area contributed by atoms with Crippen LogP contribution in [0.2, 0.25) is 0 Å². The van der Waals surface area contributed by atoms with Gasteiger partial charge in [0.1, 0.15) is 5.69 Å². The summed E-state index contributed by atoms with van der Waals surface area (Å²) in [4.78, 5) is 17.3. The second-order valence-corrected chi connectivity index (χ2v) is 6.00. The molecule has 5 nitrogen and oxygen atoms in total. The molecule has 0 radical (unpaired) electrons. The van der Waals surface area contributed by atoms with Crippen molar-refractivity contribution in [3.05, 3.63) is 29.0 Å². The third kappa shape index (κ3) is 2.29. The summed E-state index contributed by atoms with van der Waals surface area (Å²) in [6, 6.07) is 3.60. The first-order valence-electron chi connectivity index (χ1n) is 6.08. The molecule has 6 heteroatoms. The fourth-order valence-corrected chi connectivity index (χ4v) is 2.77. The highest BCUT2D eigenvalue weighted by molar-refractivity contribution is 7.15. The summed E-state index contributed by atoms with van der Waals surface area (Å²) >= 11 is 1.43. The lowest BCUT2D eigenvalue weighted by Crippen LogP contribution is -2.40. The Morgan fingerprint density at radius 2 is 2.42 bits per heavy atom. The zero-order valence-corrected chi connectivity index (χ0v) is 11.3. The molecule has 1 aliphatic rings. The van der Waals surface area contributed by atoms with E-state index in [9.17, 15) is 9.90 Å². The number of thiazole rings is 1. The normalized spacial score (nSPS) is 16.3. The van der Waals surface area contributed by atoms with Crippen LogP contribution in [0, 0.1) is 6.92 Å². The van der Waals surface area contributed by atoms with Crippen LogP contribution in [0.1, 0.15) is 28.2 Å². The second-order valence-electron chi connectivity index (χ2n) is 4.79. The lowest BCUT2D eigenvalue weighted by atomic mass is 10.2. The van der Waals surface area contributed by atoms with E-state index >= 15 is 0 Å². The molecule has 2 aromatic heterocycles. The molecule has 100 valence electrons. The number of carbonyl (C=O) groups excluding carboxylic acids is 1. The highest BCUT2D eigenvalue weighted by atomic mass is 32.1. The molecule has 0 bridgehead atoms. The summed E-state index contributed by atoms with van der Waals surface area (Å²) in [5, 5.41) is 12.8. The first kappa shape index (κ1) is 12.4. The first-order chi connectivity index (χ1) is 9.13. The second kappa shape index (κ2) is 4.47. The minimum Gasteiger partial charge on any atom is -0.462 e. The molecule has 0 unspecified atom stereocenters. The predicted molar refractivity (Wildman–Crippen MR) is 71.1 cm³/mol. The van der Waals surface area contributed by atoms with Crippen LogP contribution in [-0.2, 0) is 0 Å². The Kier molecular flexibility index (Phi) is 2.91. The van der Waals surface area contributed by atoms with Gasteiger partial charge in [-0.25, -0.2) is 4.98 Å². The number of aliphatic hydroxyl groups excluding tert-OH is 1. The largest absolute Gasteiger partial charge is 0.462 e. The molecule has 19 heavy (non-hydrogen) atoms. The van der Waals surface area contributed by atoms with Crippen LogP contribution in [0.3, 0.4) is 0 Å². The smallest absolute Gasteiger partial charge is 0.271 e. The average Bonchev–Trinajstić information content (AvgIpc) is 2.81. The molecule has 1 fully saturated rings. The first-order valence-corrected chi connectivity index (χ1v) is 6.90. The molecule has 0 atom stereocenters. The predicted octanol–water partition coefficient (Wildman–Crippen LogP) is 1.97. The summed E-state index contributed by atoms with van der Waals surface area (Å²) in [5.74, 6) is 0.438. The number of aromatic nitrogens is 1. The fourth-order valence-electron chi connectivity index (χ4n) is 1.89. The van der Waals surface area contributed by atoms with Crippen molar-refractivity contribution in [2.75, 3.05) is 6.61 Å². The third-order valence-electron chi connectivity index (χ3n) is 3.28. The van der Waals surface area contributed by atoms with Gasteiger partial charge in [0.15, 0.2) is 10.8 Å². The quantitative estimate of drug-likeness (QED) is 0.896. The summed E-state index contributed by atoms with van der Waals surface area (Å²) < 4.78 is 5.28. The SMILES string of the molecule is Cc1sc(-c2ccco2)nc1C(=O)NC1(CO)CC1. The lowest BCUT2D eigenvalue weighted by molar-refractivity contribution is 0.0902. The molecule has 2 N–H and O–H groups in total. The maximum absolute atomic E-state index is 12.2. The van der Waals surface area contributed by atoms with E-state index in [1.165, 1.54) is 11.3 Å². The van der Waals surface area contributed by atoms with Gasteiger partial charge in [0, 0.05) is 4.88 Å². The zero-order chi connectivity index (χ0) is 13.5. The summed E-state index contributed by atoms with van der Waals surface area (Å²) in [6.45, 7) is 1.84. The minimum atomic E-state index is -0.419. The third-order valence-corrected chi connectivity index (χ3v) is 4.26. The van der Waals surface area contributed by atoms with Gasteiger partial charge < -0.3 is 14.8 Å². The molecule has 1 saturated carbocycles. The Morgan fingerprint density at radius 3 is 3.00 bits per heavy atom. The highest BCUT2D eigenvalue weighted by Gasteiger charge is 2.44. The van der Waals surface area contributed by atoms with Gasteiger partial charge >= 0.3 is 0 Å². The number of aliphatic hydroxyl groups is 1. The van der Waals surface area contributed by atoms with Crippen molar-refractivity contribution in [3.8, 4) is 10.8 Å². The van der Waals surface area contributed by atoms with E-state index in [0.717, 1.165) is 17.7 Å². The number of furan rings is 1. The molecule has 0 saturated heterocycles. The number of nitrogens with zero attached hydrogens (tertiary/aromatic N) is 1. The minimum absolute atomic E-state index is 0.0209. The van der Waals surface area contributed by atoms with Crippen molar-refractivity contribution in [2.24, 2.45) is 0 Å². The molecule has 3 rings (SSSR count). The van der Waals surface area contributed by atoms with Gasteiger partial charge in [0.2, 0.25) is 0 Å². The van der Waals surface area contributed by atoms with Crippen molar-refractivity contribution in [1.29, 1.82) is 0 Å². The van der Waals surface area contributed by atoms with Gasteiger partial charge in [-0.05, 0) is 31.9 Å². The number of nitrogens with one attached hydrogen (secondary N) is 1. The van der Waals surface area contributed by atoms with Crippen LogP contribution < -0.4 is 5.32 Å². The molecule has 2 heterocycles. The number of hydrogen-bond donors (Lipinski definition) is 2. The van der Waals surface area contributed by atoms with Gasteiger partial charge in [-0.15, -0.1) is 11.3 Å². The van der Waals surface area contributed by atoms with Gasteiger partial charge in [-0.2, -0.15) is 0 Å². The van der Waals surface area contributed by atoms with Crippen molar-refractivity contribution >= 4 is 17.2 Å². The average molecular weight is 278 g/mol. The van der Waals surface area contributed by atoms with Crippen LogP contribution in [-0.4, -0.2) is 28.1 Å². The Hall–Kier alpha value is -1.66. The maximum Gasteiger partial charge on any atom is 0.271 e. The van der Waals surface area contributed by atoms with E-state index in [1.807, 2.05) is 13.0 Å². The maximum atomic E-state index is 12.2. The van der Waals surface area contributed by atoms with Gasteiger partial charge in [-0.3, -0.25) is 4.79 Å². The van der Waals surface area contributed by atoms with Crippen LogP contribution in [0.25, 0.3) is 10.8 Å². The standard InChI is InChI=1S/C13H14N2O3S/c1-8-10(11(17)15-13(7-16)4-5-13)14-12(19-8)9-3-2-6-18-9/h2-3,6,16H,4-5,7H2,1H3,(H,15,17). The van der Waals surface area contributed by atoms with E-state index in [0.29, 0.717) is 16.5 Å². The van der Waals surface area contributed by atoms with E-state index in [4.69, 9.17) is 4.42 Å². The van der Waals surface area contributed by atoms with Gasteiger partial charge in [0.25, 0.3) is 5.91 Å². The fraction of sp³-hybridized carbons (Fsp3) is 0.385. The van der Waals surface area contributed by atoms with Crippen molar-refractivity contribution < 1.29 is 14.3 Å². The van der Waals surface area contributed by atoms with E-state index in [1.54, 1.807) is 12.3 Å². The molecule has 2 aromatic rings. The molecule has 0 aliphatic heterocycles. The Balaban J connectivity index is 1.83. The Morgan fingerprint density at radius 1 is 1.63 bits per heavy atom. The molecule has 0 aromatic carbocycles. The van der Waals surface area contributed by atoms with E-state index < -0.39 is 5.54 Å². The van der Waals surface area contributed by atoms with Crippen molar-refractivity contribution in [1.82, 2.24) is 10.3 Å². The summed E-state index contributed by atoms with van der Waals surface area (Å²) in [5.41, 5.74) is -0.00559. The Bertz CT molecular complexity index is 599. The van der Waals surface area contributed by atoms with E-state index in [-0.39, 0.29) is 12.5 Å². The molecular weight excluding hydrogens is 264 g/mol. The number of amides is 1.